The molecule has 112 valence electrons. The van der Waals surface area contributed by atoms with Gasteiger partial charge in [0.2, 0.25) is 5.91 Å². The fourth-order valence-corrected chi connectivity index (χ4v) is 2.95. The van der Waals surface area contributed by atoms with E-state index in [1.165, 1.54) is 6.42 Å². The summed E-state index contributed by atoms with van der Waals surface area (Å²) in [5, 5.41) is 16.0. The van der Waals surface area contributed by atoms with Crippen molar-refractivity contribution < 1.29 is 9.90 Å². The lowest BCUT2D eigenvalue weighted by molar-refractivity contribution is -0.124. The highest BCUT2D eigenvalue weighted by Crippen LogP contribution is 2.32. The number of hydrogen-bond donors (Lipinski definition) is 3. The van der Waals surface area contributed by atoms with Crippen molar-refractivity contribution in [1.29, 1.82) is 0 Å². The van der Waals surface area contributed by atoms with E-state index in [9.17, 15) is 9.90 Å². The Kier molecular flexibility index (Phi) is 6.80. The quantitative estimate of drug-likeness (QED) is 0.618. The second kappa shape index (κ2) is 7.85. The maximum absolute atomic E-state index is 12.0. The van der Waals surface area contributed by atoms with Gasteiger partial charge in [0.25, 0.3) is 0 Å². The van der Waals surface area contributed by atoms with Crippen LogP contribution >= 0.6 is 0 Å². The zero-order valence-electron chi connectivity index (χ0n) is 12.7. The van der Waals surface area contributed by atoms with E-state index >= 15 is 0 Å². The molecule has 1 fully saturated rings. The molecular weight excluding hydrogens is 240 g/mol. The van der Waals surface area contributed by atoms with E-state index in [2.05, 4.69) is 31.4 Å². The molecule has 0 aliphatic heterocycles. The largest absolute Gasteiger partial charge is 0.394 e. The van der Waals surface area contributed by atoms with Crippen LogP contribution in [0.15, 0.2) is 0 Å². The van der Waals surface area contributed by atoms with Crippen LogP contribution in [0.1, 0.15) is 59.3 Å². The molecule has 0 aromatic heterocycles. The Morgan fingerprint density at radius 3 is 2.79 bits per heavy atom. The van der Waals surface area contributed by atoms with Gasteiger partial charge in [0.1, 0.15) is 0 Å². The smallest absolute Gasteiger partial charge is 0.220 e. The molecule has 0 heterocycles. The predicted octanol–water partition coefficient (Wildman–Crippen LogP) is 1.82. The zero-order valence-corrected chi connectivity index (χ0v) is 12.7. The van der Waals surface area contributed by atoms with Gasteiger partial charge in [-0.3, -0.25) is 4.79 Å². The van der Waals surface area contributed by atoms with Gasteiger partial charge in [0.05, 0.1) is 12.1 Å². The normalized spacial score (nSPS) is 27.5. The third-order valence-electron chi connectivity index (χ3n) is 3.93. The number of carbonyl (C=O) groups excluding carboxylic acids is 1. The average Bonchev–Trinajstić information content (AvgIpc) is 2.34. The van der Waals surface area contributed by atoms with E-state index in [-0.39, 0.29) is 18.1 Å². The molecule has 1 saturated carbocycles. The number of hydrogen-bond acceptors (Lipinski definition) is 3. The Balaban J connectivity index is 2.32. The standard InChI is InChI=1S/C15H30N2O2/c1-12(2)16-9-5-7-14(19)17-15(11-18)8-4-6-13(3)10-15/h12-13,16,18H,4-11H2,1-3H3,(H,17,19). The van der Waals surface area contributed by atoms with Crippen LogP contribution < -0.4 is 10.6 Å². The van der Waals surface area contributed by atoms with Crippen molar-refractivity contribution >= 4 is 5.91 Å². The summed E-state index contributed by atoms with van der Waals surface area (Å²) < 4.78 is 0. The van der Waals surface area contributed by atoms with Gasteiger partial charge in [-0.2, -0.15) is 0 Å². The molecule has 4 nitrogen and oxygen atoms in total. The van der Waals surface area contributed by atoms with Gasteiger partial charge in [0, 0.05) is 12.5 Å². The van der Waals surface area contributed by atoms with Gasteiger partial charge in [-0.25, -0.2) is 0 Å². The lowest BCUT2D eigenvalue weighted by Crippen LogP contribution is -2.53. The molecular formula is C15H30N2O2. The molecule has 0 aromatic carbocycles. The highest BCUT2D eigenvalue weighted by molar-refractivity contribution is 5.76. The molecule has 1 rings (SSSR count). The summed E-state index contributed by atoms with van der Waals surface area (Å²) in [5.41, 5.74) is -0.361. The van der Waals surface area contributed by atoms with Crippen LogP contribution in [0.2, 0.25) is 0 Å². The van der Waals surface area contributed by atoms with Crippen molar-refractivity contribution in [3.8, 4) is 0 Å². The lowest BCUT2D eigenvalue weighted by Gasteiger charge is -2.39. The number of carbonyl (C=O) groups is 1. The first-order valence-corrected chi connectivity index (χ1v) is 7.63. The van der Waals surface area contributed by atoms with E-state index < -0.39 is 0 Å². The molecule has 1 aliphatic carbocycles. The van der Waals surface area contributed by atoms with Crippen LogP contribution in [-0.2, 0) is 4.79 Å². The van der Waals surface area contributed by atoms with Gasteiger partial charge in [0.15, 0.2) is 0 Å². The second-order valence-electron chi connectivity index (χ2n) is 6.40. The Labute approximate surface area is 117 Å². The number of amides is 1. The van der Waals surface area contributed by atoms with Crippen LogP contribution in [0.5, 0.6) is 0 Å². The summed E-state index contributed by atoms with van der Waals surface area (Å²) in [6.45, 7) is 7.33. The van der Waals surface area contributed by atoms with Crippen molar-refractivity contribution in [3.63, 3.8) is 0 Å². The molecule has 0 aromatic rings. The van der Waals surface area contributed by atoms with Gasteiger partial charge < -0.3 is 15.7 Å². The fourth-order valence-electron chi connectivity index (χ4n) is 2.95. The minimum Gasteiger partial charge on any atom is -0.394 e. The minimum atomic E-state index is -0.361. The van der Waals surface area contributed by atoms with Crippen LogP contribution in [0, 0.1) is 5.92 Å². The number of aliphatic hydroxyl groups excluding tert-OH is 1. The molecule has 2 atom stereocenters. The third-order valence-corrected chi connectivity index (χ3v) is 3.93. The first kappa shape index (κ1) is 16.4. The molecule has 19 heavy (non-hydrogen) atoms. The monoisotopic (exact) mass is 270 g/mol. The predicted molar refractivity (Wildman–Crippen MR) is 78.0 cm³/mol. The first-order valence-electron chi connectivity index (χ1n) is 7.63. The summed E-state index contributed by atoms with van der Waals surface area (Å²) in [5.74, 6) is 0.664. The van der Waals surface area contributed by atoms with Crippen LogP contribution in [-0.4, -0.2) is 35.7 Å². The Morgan fingerprint density at radius 2 is 2.21 bits per heavy atom. The molecule has 1 aliphatic rings. The maximum atomic E-state index is 12.0. The summed E-state index contributed by atoms with van der Waals surface area (Å²) >= 11 is 0. The molecule has 1 amide bonds. The molecule has 0 bridgehead atoms. The van der Waals surface area contributed by atoms with E-state index in [0.29, 0.717) is 18.4 Å². The number of nitrogens with one attached hydrogen (secondary N) is 2. The molecule has 0 spiro atoms. The Morgan fingerprint density at radius 1 is 1.47 bits per heavy atom. The van der Waals surface area contributed by atoms with E-state index in [0.717, 1.165) is 32.2 Å². The van der Waals surface area contributed by atoms with Crippen LogP contribution in [0.4, 0.5) is 0 Å². The topological polar surface area (TPSA) is 61.4 Å². The van der Waals surface area contributed by atoms with E-state index in [1.54, 1.807) is 0 Å². The Hall–Kier alpha value is -0.610. The van der Waals surface area contributed by atoms with Crippen molar-refractivity contribution in [2.24, 2.45) is 5.92 Å². The van der Waals surface area contributed by atoms with Crippen LogP contribution in [0.3, 0.4) is 0 Å². The second-order valence-corrected chi connectivity index (χ2v) is 6.40. The summed E-state index contributed by atoms with van der Waals surface area (Å²) in [6.07, 6.45) is 5.49. The lowest BCUT2D eigenvalue weighted by atomic mass is 9.76. The minimum absolute atomic E-state index is 0.0628. The highest BCUT2D eigenvalue weighted by Gasteiger charge is 2.35. The SMILES string of the molecule is CC1CCCC(CO)(NC(=O)CCCNC(C)C)C1. The van der Waals surface area contributed by atoms with Crippen LogP contribution in [0.25, 0.3) is 0 Å². The van der Waals surface area contributed by atoms with Gasteiger partial charge >= 0.3 is 0 Å². The summed E-state index contributed by atoms with van der Waals surface area (Å²) in [6, 6.07) is 0.464. The number of aliphatic hydroxyl groups is 1. The van der Waals surface area contributed by atoms with Gasteiger partial charge in [-0.05, 0) is 31.7 Å². The average molecular weight is 270 g/mol. The van der Waals surface area contributed by atoms with E-state index in [4.69, 9.17) is 0 Å². The molecule has 0 radical (unpaired) electrons. The van der Waals surface area contributed by atoms with Crippen molar-refractivity contribution in [2.45, 2.75) is 70.9 Å². The van der Waals surface area contributed by atoms with Crippen molar-refractivity contribution in [2.75, 3.05) is 13.2 Å². The highest BCUT2D eigenvalue weighted by atomic mass is 16.3. The number of rotatable bonds is 7. The van der Waals surface area contributed by atoms with Crippen molar-refractivity contribution in [3.05, 3.63) is 0 Å². The fraction of sp³-hybridized carbons (Fsp3) is 0.933. The van der Waals surface area contributed by atoms with Gasteiger partial charge in [-0.15, -0.1) is 0 Å². The summed E-state index contributed by atoms with van der Waals surface area (Å²) in [7, 11) is 0. The Bertz CT molecular complexity index is 281. The molecule has 2 unspecified atom stereocenters. The maximum Gasteiger partial charge on any atom is 0.220 e. The summed E-state index contributed by atoms with van der Waals surface area (Å²) in [4.78, 5) is 12.0. The van der Waals surface area contributed by atoms with E-state index in [1.807, 2.05) is 0 Å². The molecule has 3 N–H and O–H groups in total. The third kappa shape index (κ3) is 5.91. The molecule has 4 heteroatoms. The molecule has 0 saturated heterocycles. The zero-order chi connectivity index (χ0) is 14.3. The van der Waals surface area contributed by atoms with Crippen molar-refractivity contribution in [1.82, 2.24) is 10.6 Å². The van der Waals surface area contributed by atoms with Gasteiger partial charge in [-0.1, -0.05) is 33.6 Å². The first-order chi connectivity index (χ1) is 8.97.